The minimum Gasteiger partial charge on any atom is -0.493 e. The van der Waals surface area contributed by atoms with Crippen molar-refractivity contribution in [2.24, 2.45) is 0 Å². The average Bonchev–Trinajstić information content (AvgIpc) is 2.74. The number of hydrogen-bond donors (Lipinski definition) is 3. The topological polar surface area (TPSA) is 151 Å². The number of methoxy groups -OCH3 is 1. The van der Waals surface area contributed by atoms with Gasteiger partial charge in [0.1, 0.15) is 24.8 Å². The van der Waals surface area contributed by atoms with Crippen molar-refractivity contribution < 1.29 is 34.0 Å². The van der Waals surface area contributed by atoms with Gasteiger partial charge in [0.2, 0.25) is 5.88 Å². The van der Waals surface area contributed by atoms with E-state index in [1.54, 1.807) is 25.4 Å². The Labute approximate surface area is 167 Å². The highest BCUT2D eigenvalue weighted by atomic mass is 16.5. The van der Waals surface area contributed by atoms with Gasteiger partial charge in [-0.2, -0.15) is 5.26 Å². The number of nitrogens with zero attached hydrogens (tertiary/aromatic N) is 2. The number of pyridine rings is 1. The molecule has 0 saturated carbocycles. The fourth-order valence-electron chi connectivity index (χ4n) is 1.91. The minimum atomic E-state index is -1.82. The minimum absolute atomic E-state index is 0.363. The fourth-order valence-corrected chi connectivity index (χ4v) is 1.91. The highest BCUT2D eigenvalue weighted by Gasteiger charge is 2.04. The van der Waals surface area contributed by atoms with Crippen LogP contribution in [0.15, 0.2) is 42.6 Å². The predicted octanol–water partition coefficient (Wildman–Crippen LogP) is 1.16. The SMILES string of the molecule is COc1ccccc1OCCNCCOc1ncccc1C#N.O=C(O)C(=O)O. The standard InChI is InChI=1S/C17H19N3O3.C2H2O4/c1-21-15-6-2-3-7-16(15)22-11-9-19-10-12-23-17-14(13-18)5-4-8-20-17;3-1(4)2(5)6/h2-8,19H,9-12H2,1H3;(H,3,4)(H,5,6). The molecular formula is C19H21N3O7. The maximum atomic E-state index is 9.10. The molecule has 1 aromatic carbocycles. The van der Waals surface area contributed by atoms with Gasteiger partial charge in [0, 0.05) is 19.3 Å². The molecule has 0 spiro atoms. The van der Waals surface area contributed by atoms with Crippen LogP contribution in [-0.2, 0) is 9.59 Å². The van der Waals surface area contributed by atoms with Gasteiger partial charge in [0.25, 0.3) is 0 Å². The first kappa shape index (κ1) is 23.2. The zero-order valence-electron chi connectivity index (χ0n) is 15.7. The molecule has 0 atom stereocenters. The number of carboxylic acids is 2. The van der Waals surface area contributed by atoms with Crippen LogP contribution in [0.4, 0.5) is 0 Å². The molecule has 0 fully saturated rings. The molecule has 3 N–H and O–H groups in total. The number of aromatic nitrogens is 1. The summed E-state index contributed by atoms with van der Waals surface area (Å²) >= 11 is 0. The lowest BCUT2D eigenvalue weighted by Crippen LogP contribution is -2.26. The van der Waals surface area contributed by atoms with Crippen LogP contribution < -0.4 is 19.5 Å². The van der Waals surface area contributed by atoms with E-state index in [4.69, 9.17) is 39.3 Å². The molecule has 1 aromatic heterocycles. The summed E-state index contributed by atoms with van der Waals surface area (Å²) < 4.78 is 16.3. The zero-order chi connectivity index (χ0) is 21.5. The first-order valence-electron chi connectivity index (χ1n) is 8.40. The van der Waals surface area contributed by atoms with Crippen LogP contribution in [0.25, 0.3) is 0 Å². The summed E-state index contributed by atoms with van der Waals surface area (Å²) in [5.41, 5.74) is 0.437. The number of carbonyl (C=O) groups is 2. The third kappa shape index (κ3) is 9.07. The first-order valence-corrected chi connectivity index (χ1v) is 8.40. The van der Waals surface area contributed by atoms with Gasteiger partial charge in [-0.25, -0.2) is 14.6 Å². The van der Waals surface area contributed by atoms with E-state index in [1.165, 1.54) is 0 Å². The third-order valence-corrected chi connectivity index (χ3v) is 3.20. The highest BCUT2D eigenvalue weighted by Crippen LogP contribution is 2.25. The van der Waals surface area contributed by atoms with E-state index >= 15 is 0 Å². The van der Waals surface area contributed by atoms with E-state index in [0.29, 0.717) is 37.7 Å². The van der Waals surface area contributed by atoms with Crippen LogP contribution in [-0.4, -0.2) is 60.5 Å². The van der Waals surface area contributed by atoms with Crippen molar-refractivity contribution in [3.8, 4) is 23.4 Å². The Morgan fingerprint density at radius 1 is 1.03 bits per heavy atom. The summed E-state index contributed by atoms with van der Waals surface area (Å²) in [6.45, 7) is 2.26. The zero-order valence-corrected chi connectivity index (χ0v) is 15.7. The van der Waals surface area contributed by atoms with Crippen molar-refractivity contribution >= 4 is 11.9 Å². The Balaban J connectivity index is 0.000000612. The van der Waals surface area contributed by atoms with Crippen molar-refractivity contribution in [3.05, 3.63) is 48.2 Å². The van der Waals surface area contributed by atoms with E-state index in [0.717, 1.165) is 11.5 Å². The van der Waals surface area contributed by atoms with Gasteiger partial charge < -0.3 is 29.7 Å². The number of aliphatic carboxylic acids is 2. The van der Waals surface area contributed by atoms with Crippen molar-refractivity contribution in [2.75, 3.05) is 33.4 Å². The molecular weight excluding hydrogens is 382 g/mol. The van der Waals surface area contributed by atoms with Gasteiger partial charge in [-0.1, -0.05) is 12.1 Å². The predicted molar refractivity (Wildman–Crippen MR) is 101 cm³/mol. The van der Waals surface area contributed by atoms with Crippen molar-refractivity contribution in [1.29, 1.82) is 5.26 Å². The van der Waals surface area contributed by atoms with Gasteiger partial charge >= 0.3 is 11.9 Å². The van der Waals surface area contributed by atoms with E-state index in [1.807, 2.05) is 30.3 Å². The van der Waals surface area contributed by atoms with Crippen LogP contribution in [0.1, 0.15) is 5.56 Å². The number of nitriles is 1. The van der Waals surface area contributed by atoms with Gasteiger partial charge in [-0.05, 0) is 24.3 Å². The number of hydrogen-bond acceptors (Lipinski definition) is 8. The van der Waals surface area contributed by atoms with E-state index in [-0.39, 0.29) is 0 Å². The molecule has 0 aliphatic rings. The third-order valence-electron chi connectivity index (χ3n) is 3.20. The monoisotopic (exact) mass is 403 g/mol. The quantitative estimate of drug-likeness (QED) is 0.411. The number of ether oxygens (including phenoxy) is 3. The molecule has 2 rings (SSSR count). The van der Waals surface area contributed by atoms with Crippen molar-refractivity contribution in [1.82, 2.24) is 10.3 Å². The van der Waals surface area contributed by atoms with Gasteiger partial charge in [0.15, 0.2) is 11.5 Å². The molecule has 10 heteroatoms. The summed E-state index contributed by atoms with van der Waals surface area (Å²) in [6, 6.07) is 13.0. The van der Waals surface area contributed by atoms with Crippen LogP contribution in [0.2, 0.25) is 0 Å². The Kier molecular flexibility index (Phi) is 10.7. The Morgan fingerprint density at radius 2 is 1.66 bits per heavy atom. The number of para-hydroxylation sites is 2. The molecule has 2 aromatic rings. The maximum Gasteiger partial charge on any atom is 0.414 e. The van der Waals surface area contributed by atoms with E-state index in [9.17, 15) is 0 Å². The summed E-state index contributed by atoms with van der Waals surface area (Å²) in [6.07, 6.45) is 1.60. The molecule has 0 aliphatic heterocycles. The Morgan fingerprint density at radius 3 is 2.24 bits per heavy atom. The molecule has 1 heterocycles. The molecule has 154 valence electrons. The smallest absolute Gasteiger partial charge is 0.414 e. The number of carboxylic acid groups (broad SMARTS) is 2. The largest absolute Gasteiger partial charge is 0.493 e. The van der Waals surface area contributed by atoms with Gasteiger partial charge in [-0.15, -0.1) is 0 Å². The van der Waals surface area contributed by atoms with Crippen LogP contribution in [0.5, 0.6) is 17.4 Å². The lowest BCUT2D eigenvalue weighted by atomic mass is 10.3. The van der Waals surface area contributed by atoms with E-state index in [2.05, 4.69) is 10.3 Å². The molecule has 10 nitrogen and oxygen atoms in total. The van der Waals surface area contributed by atoms with E-state index < -0.39 is 11.9 Å². The fraction of sp³-hybridized carbons (Fsp3) is 0.263. The number of rotatable bonds is 9. The second kappa shape index (κ2) is 13.3. The Hall–Kier alpha value is -3.84. The van der Waals surface area contributed by atoms with Crippen molar-refractivity contribution in [3.63, 3.8) is 0 Å². The molecule has 0 amide bonds. The second-order valence-corrected chi connectivity index (χ2v) is 5.18. The van der Waals surface area contributed by atoms with Crippen LogP contribution in [0.3, 0.4) is 0 Å². The number of benzene rings is 1. The molecule has 0 radical (unpaired) electrons. The molecule has 0 saturated heterocycles. The first-order chi connectivity index (χ1) is 14.0. The van der Waals surface area contributed by atoms with Crippen LogP contribution in [0, 0.1) is 11.3 Å². The highest BCUT2D eigenvalue weighted by molar-refractivity contribution is 6.27. The van der Waals surface area contributed by atoms with Crippen molar-refractivity contribution in [2.45, 2.75) is 0 Å². The van der Waals surface area contributed by atoms with Gasteiger partial charge in [-0.3, -0.25) is 0 Å². The van der Waals surface area contributed by atoms with Gasteiger partial charge in [0.05, 0.1) is 7.11 Å². The normalized spacial score (nSPS) is 9.38. The average molecular weight is 403 g/mol. The van der Waals surface area contributed by atoms with Crippen LogP contribution >= 0.6 is 0 Å². The summed E-state index contributed by atoms with van der Waals surface area (Å²) in [5.74, 6) is -1.85. The molecule has 0 aliphatic carbocycles. The lowest BCUT2D eigenvalue weighted by molar-refractivity contribution is -0.159. The number of nitrogens with one attached hydrogen (secondary N) is 1. The second-order valence-electron chi connectivity index (χ2n) is 5.18. The summed E-state index contributed by atoms with van der Waals surface area (Å²) in [4.78, 5) is 22.2. The summed E-state index contributed by atoms with van der Waals surface area (Å²) in [5, 5.41) is 26.9. The molecule has 0 unspecified atom stereocenters. The maximum absolute atomic E-state index is 9.10. The summed E-state index contributed by atoms with van der Waals surface area (Å²) in [7, 11) is 1.62. The molecule has 29 heavy (non-hydrogen) atoms. The Bertz CT molecular complexity index is 825. The lowest BCUT2D eigenvalue weighted by Gasteiger charge is -2.11. The molecule has 0 bridgehead atoms.